The molecule has 1 unspecified atom stereocenters. The Morgan fingerprint density at radius 3 is 3.00 bits per heavy atom. The lowest BCUT2D eigenvalue weighted by molar-refractivity contribution is 0.567. The van der Waals surface area contributed by atoms with E-state index in [0.717, 1.165) is 36.2 Å². The Bertz CT molecular complexity index is 725. The Balaban J connectivity index is 1.84. The highest BCUT2D eigenvalue weighted by Crippen LogP contribution is 2.25. The second kappa shape index (κ2) is 5.50. The lowest BCUT2D eigenvalue weighted by atomic mass is 10.0. The fourth-order valence-corrected chi connectivity index (χ4v) is 3.77. The predicted molar refractivity (Wildman–Crippen MR) is 80.6 cm³/mol. The van der Waals surface area contributed by atoms with Crippen molar-refractivity contribution in [3.8, 4) is 0 Å². The van der Waals surface area contributed by atoms with Crippen molar-refractivity contribution in [2.24, 2.45) is 0 Å². The van der Waals surface area contributed by atoms with Gasteiger partial charge in [-0.3, -0.25) is 5.10 Å². The molecule has 0 saturated heterocycles. The number of sulfonamides is 1. The highest BCUT2D eigenvalue weighted by molar-refractivity contribution is 7.89. The van der Waals surface area contributed by atoms with Gasteiger partial charge in [0, 0.05) is 30.0 Å². The molecule has 0 saturated carbocycles. The summed E-state index contributed by atoms with van der Waals surface area (Å²) in [6.07, 6.45) is 5.23. The first-order chi connectivity index (χ1) is 10.1. The number of nitrogens with zero attached hydrogens (tertiary/aromatic N) is 1. The van der Waals surface area contributed by atoms with E-state index < -0.39 is 10.0 Å². The lowest BCUT2D eigenvalue weighted by Gasteiger charge is -2.19. The zero-order valence-electron chi connectivity index (χ0n) is 11.8. The van der Waals surface area contributed by atoms with E-state index >= 15 is 0 Å². The number of aromatic amines is 1. The number of hydrogen-bond donors (Lipinski definition) is 3. The maximum atomic E-state index is 12.5. The average Bonchev–Trinajstić information content (AvgIpc) is 3.00. The van der Waals surface area contributed by atoms with Crippen LogP contribution in [0, 0.1) is 0 Å². The SMILES string of the molecule is CC(NS(=O)(=O)c1ccc2c(c1)CCCN2)c1cn[nH]c1. The summed E-state index contributed by atoms with van der Waals surface area (Å²) < 4.78 is 27.6. The summed E-state index contributed by atoms with van der Waals surface area (Å²) in [6, 6.07) is 4.90. The zero-order valence-corrected chi connectivity index (χ0v) is 12.6. The highest BCUT2D eigenvalue weighted by Gasteiger charge is 2.20. The normalized spacial score (nSPS) is 16.0. The van der Waals surface area contributed by atoms with Crippen LogP contribution in [0.1, 0.15) is 30.5 Å². The van der Waals surface area contributed by atoms with Crippen LogP contribution in [0.2, 0.25) is 0 Å². The Morgan fingerprint density at radius 1 is 1.38 bits per heavy atom. The topological polar surface area (TPSA) is 86.9 Å². The van der Waals surface area contributed by atoms with Crippen molar-refractivity contribution in [1.29, 1.82) is 0 Å². The Morgan fingerprint density at radius 2 is 2.24 bits per heavy atom. The second-order valence-electron chi connectivity index (χ2n) is 5.22. The van der Waals surface area contributed by atoms with Gasteiger partial charge in [-0.1, -0.05) is 0 Å². The van der Waals surface area contributed by atoms with Crippen molar-refractivity contribution in [2.45, 2.75) is 30.7 Å². The van der Waals surface area contributed by atoms with Gasteiger partial charge in [0.15, 0.2) is 0 Å². The van der Waals surface area contributed by atoms with Crippen LogP contribution in [0.4, 0.5) is 5.69 Å². The molecule has 21 heavy (non-hydrogen) atoms. The van der Waals surface area contributed by atoms with Gasteiger partial charge in [0.1, 0.15) is 0 Å². The van der Waals surface area contributed by atoms with Crippen LogP contribution in [0.5, 0.6) is 0 Å². The molecule has 0 aliphatic carbocycles. The number of nitrogens with one attached hydrogen (secondary N) is 3. The summed E-state index contributed by atoms with van der Waals surface area (Å²) in [5.41, 5.74) is 2.89. The summed E-state index contributed by atoms with van der Waals surface area (Å²) >= 11 is 0. The molecule has 1 aromatic heterocycles. The van der Waals surface area contributed by atoms with Gasteiger partial charge in [-0.25, -0.2) is 13.1 Å². The standard InChI is InChI=1S/C14H18N4O2S/c1-10(12-8-16-17-9-12)18-21(19,20)13-4-5-14-11(7-13)3-2-6-15-14/h4-5,7-10,15,18H,2-3,6H2,1H3,(H,16,17). The van der Waals surface area contributed by atoms with E-state index in [1.807, 2.05) is 6.07 Å². The van der Waals surface area contributed by atoms with Gasteiger partial charge < -0.3 is 5.32 Å². The average molecular weight is 306 g/mol. The maximum Gasteiger partial charge on any atom is 0.241 e. The molecule has 0 spiro atoms. The van der Waals surface area contributed by atoms with Crippen molar-refractivity contribution >= 4 is 15.7 Å². The van der Waals surface area contributed by atoms with Gasteiger partial charge in [-0.15, -0.1) is 0 Å². The van der Waals surface area contributed by atoms with E-state index in [9.17, 15) is 8.42 Å². The fourth-order valence-electron chi connectivity index (χ4n) is 2.48. The molecule has 0 bridgehead atoms. The van der Waals surface area contributed by atoms with E-state index in [4.69, 9.17) is 0 Å². The van der Waals surface area contributed by atoms with Crippen molar-refractivity contribution in [2.75, 3.05) is 11.9 Å². The number of fused-ring (bicyclic) bond motifs is 1. The first-order valence-electron chi connectivity index (χ1n) is 6.94. The molecule has 7 heteroatoms. The number of aromatic nitrogens is 2. The maximum absolute atomic E-state index is 12.5. The van der Waals surface area contributed by atoms with Crippen molar-refractivity contribution in [3.05, 3.63) is 41.7 Å². The van der Waals surface area contributed by atoms with Crippen LogP contribution in [-0.4, -0.2) is 25.2 Å². The number of aryl methyl sites for hydroxylation is 1. The van der Waals surface area contributed by atoms with Crippen LogP contribution < -0.4 is 10.0 Å². The van der Waals surface area contributed by atoms with Gasteiger partial charge in [-0.2, -0.15) is 5.10 Å². The zero-order chi connectivity index (χ0) is 14.9. The molecule has 2 heterocycles. The first kappa shape index (κ1) is 14.1. The van der Waals surface area contributed by atoms with Crippen LogP contribution in [-0.2, 0) is 16.4 Å². The highest BCUT2D eigenvalue weighted by atomic mass is 32.2. The van der Waals surface area contributed by atoms with Crippen LogP contribution >= 0.6 is 0 Å². The molecule has 0 amide bonds. The van der Waals surface area contributed by atoms with Crippen molar-refractivity contribution < 1.29 is 8.42 Å². The minimum absolute atomic E-state index is 0.306. The lowest BCUT2D eigenvalue weighted by Crippen LogP contribution is -2.27. The van der Waals surface area contributed by atoms with Gasteiger partial charge in [0.05, 0.1) is 11.1 Å². The third-order valence-electron chi connectivity index (χ3n) is 3.68. The number of hydrogen-bond acceptors (Lipinski definition) is 4. The number of rotatable bonds is 4. The Hall–Kier alpha value is -1.86. The van der Waals surface area contributed by atoms with Crippen LogP contribution in [0.25, 0.3) is 0 Å². The number of anilines is 1. The summed E-state index contributed by atoms with van der Waals surface area (Å²) in [6.45, 7) is 2.73. The van der Waals surface area contributed by atoms with E-state index in [2.05, 4.69) is 20.2 Å². The second-order valence-corrected chi connectivity index (χ2v) is 6.94. The van der Waals surface area contributed by atoms with E-state index in [1.165, 1.54) is 0 Å². The smallest absolute Gasteiger partial charge is 0.241 e. The molecule has 6 nitrogen and oxygen atoms in total. The molecule has 1 aromatic carbocycles. The quantitative estimate of drug-likeness (QED) is 0.804. The largest absolute Gasteiger partial charge is 0.385 e. The molecular weight excluding hydrogens is 288 g/mol. The van der Waals surface area contributed by atoms with Crippen molar-refractivity contribution in [3.63, 3.8) is 0 Å². The Labute approximate surface area is 124 Å². The fraction of sp³-hybridized carbons (Fsp3) is 0.357. The monoisotopic (exact) mass is 306 g/mol. The Kier molecular flexibility index (Phi) is 3.69. The van der Waals surface area contributed by atoms with Crippen LogP contribution in [0.15, 0.2) is 35.5 Å². The molecule has 1 aliphatic rings. The number of benzene rings is 1. The molecule has 1 atom stereocenters. The first-order valence-corrected chi connectivity index (χ1v) is 8.42. The van der Waals surface area contributed by atoms with Gasteiger partial charge in [0.25, 0.3) is 0 Å². The summed E-state index contributed by atoms with van der Waals surface area (Å²) in [5.74, 6) is 0. The van der Waals surface area contributed by atoms with Gasteiger partial charge in [-0.05, 0) is 43.5 Å². The third kappa shape index (κ3) is 2.93. The minimum Gasteiger partial charge on any atom is -0.385 e. The van der Waals surface area contributed by atoms with Gasteiger partial charge in [0.2, 0.25) is 10.0 Å². The molecule has 112 valence electrons. The molecule has 1 aliphatic heterocycles. The molecular formula is C14H18N4O2S. The third-order valence-corrected chi connectivity index (χ3v) is 5.22. The summed E-state index contributed by atoms with van der Waals surface area (Å²) in [7, 11) is -3.54. The number of H-pyrrole nitrogens is 1. The molecule has 0 radical (unpaired) electrons. The minimum atomic E-state index is -3.54. The van der Waals surface area contributed by atoms with E-state index in [-0.39, 0.29) is 6.04 Å². The van der Waals surface area contributed by atoms with Crippen molar-refractivity contribution in [1.82, 2.24) is 14.9 Å². The molecule has 3 rings (SSSR count). The van der Waals surface area contributed by atoms with Crippen LogP contribution in [0.3, 0.4) is 0 Å². The predicted octanol–water partition coefficient (Wildman–Crippen LogP) is 1.81. The van der Waals surface area contributed by atoms with E-state index in [0.29, 0.717) is 4.90 Å². The van der Waals surface area contributed by atoms with Gasteiger partial charge >= 0.3 is 0 Å². The molecule has 2 aromatic rings. The summed E-state index contributed by atoms with van der Waals surface area (Å²) in [4.78, 5) is 0.306. The molecule has 0 fully saturated rings. The van der Waals surface area contributed by atoms with E-state index in [1.54, 1.807) is 31.5 Å². The molecule has 3 N–H and O–H groups in total. The summed E-state index contributed by atoms with van der Waals surface area (Å²) in [5, 5.41) is 9.80.